The molecule has 3 aromatic carbocycles. The van der Waals surface area contributed by atoms with Gasteiger partial charge >= 0.3 is 11.9 Å². The molecule has 0 spiro atoms. The summed E-state index contributed by atoms with van der Waals surface area (Å²) in [5, 5.41) is 0.0538. The maximum absolute atomic E-state index is 14.7. The summed E-state index contributed by atoms with van der Waals surface area (Å²) in [5.41, 5.74) is 3.28. The van der Waals surface area contributed by atoms with Crippen molar-refractivity contribution >= 4 is 11.6 Å². The first-order chi connectivity index (χ1) is 18.0. The summed E-state index contributed by atoms with van der Waals surface area (Å²) >= 11 is 6.44. The molecule has 0 radical (unpaired) electrons. The van der Waals surface area contributed by atoms with E-state index in [9.17, 15) is 27.2 Å². The molecule has 38 heavy (non-hydrogen) atoms. The van der Waals surface area contributed by atoms with Crippen molar-refractivity contribution in [2.24, 2.45) is 5.73 Å². The first kappa shape index (κ1) is 27.2. The second-order valence-corrected chi connectivity index (χ2v) is 8.85. The number of nitrogens with two attached hydrogens (primary N) is 1. The van der Waals surface area contributed by atoms with Crippen molar-refractivity contribution in [1.82, 2.24) is 9.13 Å². The van der Waals surface area contributed by atoms with Gasteiger partial charge in [-0.25, -0.2) is 9.18 Å². The lowest BCUT2D eigenvalue weighted by Gasteiger charge is -2.19. The largest absolute Gasteiger partial charge is 0.495 e. The summed E-state index contributed by atoms with van der Waals surface area (Å²) in [6, 6.07) is 15.0. The van der Waals surface area contributed by atoms with Gasteiger partial charge in [-0.2, -0.15) is 13.2 Å². The topological polar surface area (TPSA) is 79.2 Å². The van der Waals surface area contributed by atoms with Gasteiger partial charge in [0.15, 0.2) is 0 Å². The number of methoxy groups -OCH3 is 1. The highest BCUT2D eigenvalue weighted by Crippen LogP contribution is 2.35. The van der Waals surface area contributed by atoms with E-state index in [4.69, 9.17) is 22.1 Å². The van der Waals surface area contributed by atoms with Crippen molar-refractivity contribution in [1.29, 1.82) is 0 Å². The molecule has 1 aromatic heterocycles. The Labute approximate surface area is 219 Å². The van der Waals surface area contributed by atoms with Gasteiger partial charge in [-0.15, -0.1) is 0 Å². The molecule has 0 bridgehead atoms. The van der Waals surface area contributed by atoms with Crippen LogP contribution in [0.15, 0.2) is 82.5 Å². The third-order valence-electron chi connectivity index (χ3n) is 6.07. The number of ether oxygens (including phenoxy) is 1. The van der Waals surface area contributed by atoms with Crippen LogP contribution in [-0.4, -0.2) is 16.2 Å². The van der Waals surface area contributed by atoms with Crippen LogP contribution in [0.5, 0.6) is 5.75 Å². The summed E-state index contributed by atoms with van der Waals surface area (Å²) in [5.74, 6) is -0.909. The van der Waals surface area contributed by atoms with Crippen molar-refractivity contribution in [2.75, 3.05) is 7.11 Å². The SMILES string of the molecule is COc1cccc(-c2cn(Cc3c(F)cccc3C(F)(F)F)c(=O)n(C[C@@H](N)c3ccccc3)c2=O)c1Cl. The Bertz CT molecular complexity index is 1580. The highest BCUT2D eigenvalue weighted by atomic mass is 35.5. The van der Waals surface area contributed by atoms with E-state index < -0.39 is 47.0 Å². The Balaban J connectivity index is 1.94. The molecule has 6 nitrogen and oxygen atoms in total. The Morgan fingerprint density at radius 3 is 2.32 bits per heavy atom. The molecule has 1 atom stereocenters. The van der Waals surface area contributed by atoms with Gasteiger partial charge in [-0.3, -0.25) is 13.9 Å². The van der Waals surface area contributed by atoms with Crippen LogP contribution in [-0.2, 0) is 19.3 Å². The maximum Gasteiger partial charge on any atom is 0.416 e. The Morgan fingerprint density at radius 2 is 1.66 bits per heavy atom. The van der Waals surface area contributed by atoms with Gasteiger partial charge < -0.3 is 10.5 Å². The third-order valence-corrected chi connectivity index (χ3v) is 6.46. The zero-order valence-electron chi connectivity index (χ0n) is 20.0. The zero-order valence-corrected chi connectivity index (χ0v) is 20.8. The Hall–Kier alpha value is -3.89. The molecule has 0 amide bonds. The van der Waals surface area contributed by atoms with Gasteiger partial charge in [0.05, 0.1) is 36.3 Å². The van der Waals surface area contributed by atoms with Crippen molar-refractivity contribution < 1.29 is 22.3 Å². The number of hydrogen-bond acceptors (Lipinski definition) is 4. The average molecular weight is 548 g/mol. The number of hydrogen-bond donors (Lipinski definition) is 1. The molecule has 198 valence electrons. The van der Waals surface area contributed by atoms with Crippen LogP contribution >= 0.6 is 11.6 Å². The first-order valence-electron chi connectivity index (χ1n) is 11.3. The molecule has 0 saturated heterocycles. The lowest BCUT2D eigenvalue weighted by molar-refractivity contribution is -0.138. The molecule has 2 N–H and O–H groups in total. The van der Waals surface area contributed by atoms with E-state index in [0.717, 1.165) is 33.5 Å². The van der Waals surface area contributed by atoms with E-state index >= 15 is 0 Å². The number of rotatable bonds is 7. The molecule has 4 rings (SSSR count). The second kappa shape index (κ2) is 10.8. The zero-order chi connectivity index (χ0) is 27.6. The van der Waals surface area contributed by atoms with Gasteiger partial charge in [0, 0.05) is 23.4 Å². The fourth-order valence-electron chi connectivity index (χ4n) is 4.15. The second-order valence-electron chi connectivity index (χ2n) is 8.47. The van der Waals surface area contributed by atoms with Gasteiger partial charge in [-0.1, -0.05) is 60.1 Å². The highest BCUT2D eigenvalue weighted by molar-refractivity contribution is 6.34. The van der Waals surface area contributed by atoms with Gasteiger partial charge in [0.2, 0.25) is 0 Å². The minimum atomic E-state index is -4.87. The lowest BCUT2D eigenvalue weighted by Crippen LogP contribution is -2.43. The van der Waals surface area contributed by atoms with Crippen molar-refractivity contribution in [3.63, 3.8) is 0 Å². The molecule has 0 aliphatic rings. The van der Waals surface area contributed by atoms with Crippen LogP contribution < -0.4 is 21.7 Å². The molecule has 0 aliphatic heterocycles. The molecule has 11 heteroatoms. The smallest absolute Gasteiger partial charge is 0.416 e. The van der Waals surface area contributed by atoms with Gasteiger partial charge in [0.1, 0.15) is 11.6 Å². The van der Waals surface area contributed by atoms with E-state index in [1.54, 1.807) is 42.5 Å². The minimum absolute atomic E-state index is 0.0538. The Morgan fingerprint density at radius 1 is 0.974 bits per heavy atom. The molecule has 4 aromatic rings. The van der Waals surface area contributed by atoms with E-state index in [2.05, 4.69) is 0 Å². The summed E-state index contributed by atoms with van der Waals surface area (Å²) in [6.45, 7) is -1.09. The monoisotopic (exact) mass is 547 g/mol. The Kier molecular flexibility index (Phi) is 7.75. The fraction of sp³-hybridized carbons (Fsp3) is 0.185. The molecular weight excluding hydrogens is 526 g/mol. The van der Waals surface area contributed by atoms with Crippen LogP contribution in [0.25, 0.3) is 11.1 Å². The van der Waals surface area contributed by atoms with E-state index in [-0.39, 0.29) is 28.4 Å². The highest BCUT2D eigenvalue weighted by Gasteiger charge is 2.34. The van der Waals surface area contributed by atoms with Crippen LogP contribution in [0.2, 0.25) is 5.02 Å². The summed E-state index contributed by atoms with van der Waals surface area (Å²) in [7, 11) is 1.37. The van der Waals surface area contributed by atoms with Crippen LogP contribution in [0.1, 0.15) is 22.7 Å². The normalized spacial score (nSPS) is 12.4. The van der Waals surface area contributed by atoms with Gasteiger partial charge in [0.25, 0.3) is 5.56 Å². The maximum atomic E-state index is 14.7. The van der Waals surface area contributed by atoms with Crippen molar-refractivity contribution in [3.8, 4) is 16.9 Å². The number of nitrogens with zero attached hydrogens (tertiary/aromatic N) is 2. The average Bonchev–Trinajstić information content (AvgIpc) is 2.89. The lowest BCUT2D eigenvalue weighted by atomic mass is 10.1. The minimum Gasteiger partial charge on any atom is -0.495 e. The molecule has 0 fully saturated rings. The number of halogens is 5. The van der Waals surface area contributed by atoms with Crippen molar-refractivity contribution in [3.05, 3.63) is 121 Å². The van der Waals surface area contributed by atoms with Crippen LogP contribution in [0.3, 0.4) is 0 Å². The number of benzene rings is 3. The molecule has 0 aliphatic carbocycles. The summed E-state index contributed by atoms with van der Waals surface area (Å²) < 4.78 is 62.5. The molecular formula is C27H22ClF4N3O3. The van der Waals surface area contributed by atoms with E-state index in [1.807, 2.05) is 0 Å². The molecule has 0 saturated carbocycles. The standard InChI is InChI=1S/C27H22ClF4N3O3/c1-38-23-12-5-9-17(24(23)28)18-13-34(14-19-20(27(30,31)32)10-6-11-21(19)29)26(37)35(25(18)36)15-22(33)16-7-3-2-4-8-16/h2-13,22H,14-15,33H2,1H3/t22-/m1/s1. The van der Waals surface area contributed by atoms with E-state index in [1.165, 1.54) is 13.2 Å². The first-order valence-corrected chi connectivity index (χ1v) is 11.7. The predicted molar refractivity (Wildman–Crippen MR) is 136 cm³/mol. The quantitative estimate of drug-likeness (QED) is 0.321. The third kappa shape index (κ3) is 5.36. The number of alkyl halides is 3. The summed E-state index contributed by atoms with van der Waals surface area (Å²) in [4.78, 5) is 27.0. The van der Waals surface area contributed by atoms with Crippen LogP contribution in [0, 0.1) is 5.82 Å². The van der Waals surface area contributed by atoms with Crippen molar-refractivity contribution in [2.45, 2.75) is 25.3 Å². The molecule has 0 unspecified atom stereocenters. The predicted octanol–water partition coefficient (Wildman–Crippen LogP) is 5.25. The number of aromatic nitrogens is 2. The van der Waals surface area contributed by atoms with Gasteiger partial charge in [-0.05, 0) is 23.8 Å². The van der Waals surface area contributed by atoms with Crippen LogP contribution in [0.4, 0.5) is 17.6 Å². The fourth-order valence-corrected chi connectivity index (χ4v) is 4.45. The molecule has 1 heterocycles. The summed E-state index contributed by atoms with van der Waals surface area (Å²) in [6.07, 6.45) is -3.80. The van der Waals surface area contributed by atoms with E-state index in [0.29, 0.717) is 5.56 Å².